The topological polar surface area (TPSA) is 46.6 Å². The lowest BCUT2D eigenvalue weighted by atomic mass is 9.93. The Bertz CT molecular complexity index is 615. The van der Waals surface area contributed by atoms with E-state index in [0.29, 0.717) is 18.7 Å². The molecule has 2 aliphatic rings. The Hall–Kier alpha value is -1.84. The van der Waals surface area contributed by atoms with E-state index in [1.165, 1.54) is 0 Å². The molecule has 0 bridgehead atoms. The summed E-state index contributed by atoms with van der Waals surface area (Å²) in [6.45, 7) is 6.24. The van der Waals surface area contributed by atoms with Crippen molar-refractivity contribution in [2.45, 2.75) is 58.0 Å². The maximum atomic E-state index is 12.5. The first-order chi connectivity index (χ1) is 10.4. The highest BCUT2D eigenvalue weighted by Crippen LogP contribution is 2.41. The van der Waals surface area contributed by atoms with Crippen LogP contribution in [0, 0.1) is 0 Å². The van der Waals surface area contributed by atoms with Crippen LogP contribution < -0.4 is 4.90 Å². The molecule has 0 spiro atoms. The van der Waals surface area contributed by atoms with E-state index < -0.39 is 5.60 Å². The minimum absolute atomic E-state index is 0.0574. The fourth-order valence-electron chi connectivity index (χ4n) is 3.41. The Morgan fingerprint density at radius 3 is 2.68 bits per heavy atom. The first-order valence-corrected chi connectivity index (χ1v) is 8.02. The molecule has 1 saturated carbocycles. The summed E-state index contributed by atoms with van der Waals surface area (Å²) in [5, 5.41) is 0. The van der Waals surface area contributed by atoms with E-state index in [1.54, 1.807) is 4.90 Å². The number of ketones is 1. The summed E-state index contributed by atoms with van der Waals surface area (Å²) in [4.78, 5) is 26.3. The molecule has 0 N–H and O–H groups in total. The minimum Gasteiger partial charge on any atom is -0.443 e. The number of Topliss-reactive ketones (excluding diaryl/α,β-unsaturated/α-hetero) is 1. The van der Waals surface area contributed by atoms with Crippen LogP contribution in [-0.2, 0) is 16.0 Å². The van der Waals surface area contributed by atoms with Crippen LogP contribution in [-0.4, -0.2) is 24.0 Å². The number of hydrogen-bond acceptors (Lipinski definition) is 3. The van der Waals surface area contributed by atoms with Crippen molar-refractivity contribution in [1.29, 1.82) is 0 Å². The lowest BCUT2D eigenvalue weighted by Gasteiger charge is -2.26. The second-order valence-corrected chi connectivity index (χ2v) is 7.15. The Morgan fingerprint density at radius 2 is 2.05 bits per heavy atom. The maximum Gasteiger partial charge on any atom is 0.414 e. The normalized spacial score (nSPS) is 21.1. The van der Waals surface area contributed by atoms with Gasteiger partial charge < -0.3 is 4.74 Å². The molecule has 0 radical (unpaired) electrons. The molecule has 4 nitrogen and oxygen atoms in total. The van der Waals surface area contributed by atoms with E-state index in [1.807, 2.05) is 39.0 Å². The van der Waals surface area contributed by atoms with Gasteiger partial charge in [0.05, 0.1) is 5.69 Å². The number of carbonyl (C=O) groups excluding carboxylic acids is 2. The summed E-state index contributed by atoms with van der Waals surface area (Å²) in [6.07, 6.45) is 2.99. The van der Waals surface area contributed by atoms with Gasteiger partial charge in [-0.2, -0.15) is 0 Å². The van der Waals surface area contributed by atoms with Gasteiger partial charge in [-0.3, -0.25) is 9.69 Å². The highest BCUT2D eigenvalue weighted by molar-refractivity contribution is 5.95. The highest BCUT2D eigenvalue weighted by Gasteiger charge is 2.35. The molecule has 1 unspecified atom stereocenters. The SMILES string of the molecule is CC(C)(C)OC(=O)N1CCc2cccc(C3CCCC3=O)c21. The van der Waals surface area contributed by atoms with E-state index in [9.17, 15) is 9.59 Å². The van der Waals surface area contributed by atoms with Crippen LogP contribution in [0.4, 0.5) is 10.5 Å². The summed E-state index contributed by atoms with van der Waals surface area (Å²) in [5.41, 5.74) is 2.54. The minimum atomic E-state index is -0.516. The Balaban J connectivity index is 1.95. The fraction of sp³-hybridized carbons (Fsp3) is 0.556. The molecule has 22 heavy (non-hydrogen) atoms. The number of fused-ring (bicyclic) bond motifs is 1. The van der Waals surface area contributed by atoms with Crippen LogP contribution in [0.1, 0.15) is 57.1 Å². The smallest absolute Gasteiger partial charge is 0.414 e. The van der Waals surface area contributed by atoms with Crippen molar-refractivity contribution >= 4 is 17.6 Å². The molecule has 1 atom stereocenters. The maximum absolute atomic E-state index is 12.5. The average Bonchev–Trinajstić information content (AvgIpc) is 3.02. The van der Waals surface area contributed by atoms with Gasteiger partial charge in [0.15, 0.2) is 0 Å². The van der Waals surface area contributed by atoms with Crippen LogP contribution in [0.5, 0.6) is 0 Å². The molecule has 4 heteroatoms. The molecule has 3 rings (SSSR count). The summed E-state index contributed by atoms with van der Waals surface area (Å²) in [6, 6.07) is 6.04. The number of carbonyl (C=O) groups is 2. The highest BCUT2D eigenvalue weighted by atomic mass is 16.6. The molecule has 0 aromatic heterocycles. The first kappa shape index (κ1) is 15.1. The second-order valence-electron chi connectivity index (χ2n) is 7.15. The van der Waals surface area contributed by atoms with Crippen molar-refractivity contribution in [2.24, 2.45) is 0 Å². The quantitative estimate of drug-likeness (QED) is 0.792. The second kappa shape index (κ2) is 5.41. The summed E-state index contributed by atoms with van der Waals surface area (Å²) in [7, 11) is 0. The predicted octanol–water partition coefficient (Wildman–Crippen LogP) is 3.82. The van der Waals surface area contributed by atoms with Crippen molar-refractivity contribution < 1.29 is 14.3 Å². The van der Waals surface area contributed by atoms with Gasteiger partial charge >= 0.3 is 6.09 Å². The van der Waals surface area contributed by atoms with Crippen molar-refractivity contribution in [3.8, 4) is 0 Å². The van der Waals surface area contributed by atoms with Crippen LogP contribution in [0.15, 0.2) is 18.2 Å². The van der Waals surface area contributed by atoms with Gasteiger partial charge in [0.2, 0.25) is 0 Å². The van der Waals surface area contributed by atoms with E-state index in [4.69, 9.17) is 4.74 Å². The van der Waals surface area contributed by atoms with Crippen LogP contribution in [0.25, 0.3) is 0 Å². The Morgan fingerprint density at radius 1 is 1.27 bits per heavy atom. The lowest BCUT2D eigenvalue weighted by molar-refractivity contribution is -0.118. The van der Waals surface area contributed by atoms with Gasteiger partial charge in [0.1, 0.15) is 11.4 Å². The number of rotatable bonds is 1. The third-order valence-electron chi connectivity index (χ3n) is 4.32. The summed E-state index contributed by atoms with van der Waals surface area (Å²) >= 11 is 0. The molecule has 1 aromatic rings. The molecule has 1 fully saturated rings. The van der Waals surface area contributed by atoms with Crippen LogP contribution in [0.2, 0.25) is 0 Å². The average molecular weight is 301 g/mol. The third kappa shape index (κ3) is 2.74. The van der Waals surface area contributed by atoms with Crippen LogP contribution in [0.3, 0.4) is 0 Å². The molecular formula is C18H23NO3. The number of amides is 1. The molecule has 1 aromatic carbocycles. The zero-order valence-corrected chi connectivity index (χ0v) is 13.5. The van der Waals surface area contributed by atoms with Crippen molar-refractivity contribution in [1.82, 2.24) is 0 Å². The van der Waals surface area contributed by atoms with Crippen molar-refractivity contribution in [3.63, 3.8) is 0 Å². The van der Waals surface area contributed by atoms with E-state index >= 15 is 0 Å². The van der Waals surface area contributed by atoms with Gasteiger partial charge in [0, 0.05) is 18.9 Å². The van der Waals surface area contributed by atoms with Gasteiger partial charge in [-0.25, -0.2) is 4.79 Å². The molecule has 1 aliphatic heterocycles. The Labute approximate surface area is 131 Å². The van der Waals surface area contributed by atoms with E-state index in [-0.39, 0.29) is 12.0 Å². The number of hydrogen-bond donors (Lipinski definition) is 0. The zero-order chi connectivity index (χ0) is 15.9. The Kier molecular flexibility index (Phi) is 3.71. The van der Waals surface area contributed by atoms with Gasteiger partial charge in [-0.1, -0.05) is 18.2 Å². The van der Waals surface area contributed by atoms with Gasteiger partial charge in [-0.05, 0) is 51.2 Å². The van der Waals surface area contributed by atoms with Crippen LogP contribution >= 0.6 is 0 Å². The van der Waals surface area contributed by atoms with E-state index in [0.717, 1.165) is 36.1 Å². The number of para-hydroxylation sites is 1. The summed E-state index contributed by atoms with van der Waals surface area (Å²) in [5.74, 6) is 0.238. The zero-order valence-electron chi connectivity index (χ0n) is 13.5. The molecule has 1 heterocycles. The summed E-state index contributed by atoms with van der Waals surface area (Å²) < 4.78 is 5.53. The molecule has 118 valence electrons. The van der Waals surface area contributed by atoms with Crippen molar-refractivity contribution in [2.75, 3.05) is 11.4 Å². The third-order valence-corrected chi connectivity index (χ3v) is 4.32. The molecule has 1 amide bonds. The van der Waals surface area contributed by atoms with E-state index in [2.05, 4.69) is 0 Å². The molecular weight excluding hydrogens is 278 g/mol. The monoisotopic (exact) mass is 301 g/mol. The number of anilines is 1. The first-order valence-electron chi connectivity index (χ1n) is 8.02. The number of nitrogens with zero attached hydrogens (tertiary/aromatic N) is 1. The number of ether oxygens (including phenoxy) is 1. The predicted molar refractivity (Wildman–Crippen MR) is 85.3 cm³/mol. The number of benzene rings is 1. The van der Waals surface area contributed by atoms with Gasteiger partial charge in [0.25, 0.3) is 0 Å². The van der Waals surface area contributed by atoms with Crippen molar-refractivity contribution in [3.05, 3.63) is 29.3 Å². The standard InChI is InChI=1S/C18H23NO3/c1-18(2,3)22-17(21)19-11-10-12-6-4-8-14(16(12)19)13-7-5-9-15(13)20/h4,6,8,13H,5,7,9-11H2,1-3H3. The largest absolute Gasteiger partial charge is 0.443 e. The lowest BCUT2D eigenvalue weighted by Crippen LogP contribution is -2.36. The molecule has 1 aliphatic carbocycles. The fourth-order valence-corrected chi connectivity index (χ4v) is 3.41. The van der Waals surface area contributed by atoms with Gasteiger partial charge in [-0.15, -0.1) is 0 Å². The molecule has 0 saturated heterocycles.